The smallest absolute Gasteiger partial charge is 0.372 e. The van der Waals surface area contributed by atoms with Crippen molar-refractivity contribution < 1.29 is 4.42 Å². The van der Waals surface area contributed by atoms with Gasteiger partial charge in [0.05, 0.1) is 6.54 Å². The van der Waals surface area contributed by atoms with Gasteiger partial charge < -0.3 is 4.42 Å². The van der Waals surface area contributed by atoms with E-state index in [1.54, 1.807) is 18.3 Å². The maximum atomic E-state index is 11.9. The first-order chi connectivity index (χ1) is 9.65. The highest BCUT2D eigenvalue weighted by Gasteiger charge is 2.10. The van der Waals surface area contributed by atoms with Crippen LogP contribution in [0.2, 0.25) is 0 Å². The van der Waals surface area contributed by atoms with Gasteiger partial charge >= 0.3 is 11.4 Å². The molecule has 0 aliphatic rings. The maximum absolute atomic E-state index is 11.9. The average molecular weight is 268 g/mol. The first kappa shape index (κ1) is 12.3. The molecule has 5 heteroatoms. The van der Waals surface area contributed by atoms with Gasteiger partial charge in [-0.1, -0.05) is 29.8 Å². The SMILES string of the molecule is Cc1ccc(Cn2c(=O)oc(=O)c3cccnc32)cc1. The quantitative estimate of drug-likeness (QED) is 0.709. The van der Waals surface area contributed by atoms with E-state index in [-0.39, 0.29) is 0 Å². The molecule has 0 saturated heterocycles. The Morgan fingerprint density at radius 3 is 2.65 bits per heavy atom. The fourth-order valence-corrected chi connectivity index (χ4v) is 2.06. The number of nitrogens with zero attached hydrogens (tertiary/aromatic N) is 2. The van der Waals surface area contributed by atoms with Crippen molar-refractivity contribution in [2.24, 2.45) is 0 Å². The Hall–Kier alpha value is -2.69. The summed E-state index contributed by atoms with van der Waals surface area (Å²) in [5.41, 5.74) is 1.77. The van der Waals surface area contributed by atoms with Gasteiger partial charge in [0.2, 0.25) is 0 Å². The second kappa shape index (κ2) is 4.77. The molecule has 0 aliphatic heterocycles. The van der Waals surface area contributed by atoms with E-state index in [1.807, 2.05) is 31.2 Å². The van der Waals surface area contributed by atoms with Gasteiger partial charge in [0, 0.05) is 6.20 Å². The van der Waals surface area contributed by atoms with Gasteiger partial charge in [0.1, 0.15) is 5.39 Å². The lowest BCUT2D eigenvalue weighted by molar-refractivity contribution is 0.423. The van der Waals surface area contributed by atoms with Crippen LogP contribution in [0.3, 0.4) is 0 Å². The molecule has 0 fully saturated rings. The van der Waals surface area contributed by atoms with Gasteiger partial charge in [0.25, 0.3) is 0 Å². The summed E-state index contributed by atoms with van der Waals surface area (Å²) in [6, 6.07) is 11.0. The van der Waals surface area contributed by atoms with Crippen molar-refractivity contribution in [3.05, 3.63) is 74.7 Å². The van der Waals surface area contributed by atoms with Gasteiger partial charge in [-0.25, -0.2) is 14.6 Å². The lowest BCUT2D eigenvalue weighted by Crippen LogP contribution is -2.26. The fraction of sp³-hybridized carbons (Fsp3) is 0.133. The first-order valence-corrected chi connectivity index (χ1v) is 6.19. The zero-order chi connectivity index (χ0) is 14.1. The summed E-state index contributed by atoms with van der Waals surface area (Å²) in [4.78, 5) is 27.6. The van der Waals surface area contributed by atoms with Crippen molar-refractivity contribution in [3.8, 4) is 0 Å². The van der Waals surface area contributed by atoms with Crippen LogP contribution in [-0.2, 0) is 6.54 Å². The van der Waals surface area contributed by atoms with Crippen molar-refractivity contribution in [2.45, 2.75) is 13.5 Å². The van der Waals surface area contributed by atoms with E-state index in [0.717, 1.165) is 11.1 Å². The zero-order valence-electron chi connectivity index (χ0n) is 10.9. The predicted octanol–water partition coefficient (Wildman–Crippen LogP) is 1.71. The molecule has 0 spiro atoms. The number of aromatic nitrogens is 2. The molecule has 2 heterocycles. The Labute approximate surface area is 114 Å². The molecular formula is C15H12N2O3. The van der Waals surface area contributed by atoms with E-state index in [9.17, 15) is 9.59 Å². The normalized spacial score (nSPS) is 10.8. The first-order valence-electron chi connectivity index (χ1n) is 6.19. The van der Waals surface area contributed by atoms with E-state index in [0.29, 0.717) is 17.6 Å². The third-order valence-electron chi connectivity index (χ3n) is 3.12. The number of fused-ring (bicyclic) bond motifs is 1. The van der Waals surface area contributed by atoms with Crippen LogP contribution in [0.1, 0.15) is 11.1 Å². The van der Waals surface area contributed by atoms with Gasteiger partial charge in [-0.2, -0.15) is 0 Å². The standard InChI is InChI=1S/C15H12N2O3/c1-10-4-6-11(7-5-10)9-17-13-12(3-2-8-16-13)14(18)20-15(17)19/h2-8H,9H2,1H3. The highest BCUT2D eigenvalue weighted by atomic mass is 16.4. The average Bonchev–Trinajstić information content (AvgIpc) is 2.45. The van der Waals surface area contributed by atoms with E-state index in [4.69, 9.17) is 4.42 Å². The van der Waals surface area contributed by atoms with Crippen molar-refractivity contribution in [1.82, 2.24) is 9.55 Å². The minimum absolute atomic E-state index is 0.305. The number of benzene rings is 1. The van der Waals surface area contributed by atoms with Gasteiger partial charge in [-0.15, -0.1) is 0 Å². The Morgan fingerprint density at radius 1 is 1.15 bits per heavy atom. The lowest BCUT2D eigenvalue weighted by Gasteiger charge is -2.07. The second-order valence-corrected chi connectivity index (χ2v) is 4.60. The van der Waals surface area contributed by atoms with Crippen LogP contribution in [0, 0.1) is 6.92 Å². The summed E-state index contributed by atoms with van der Waals surface area (Å²) in [6.45, 7) is 2.31. The second-order valence-electron chi connectivity index (χ2n) is 4.60. The topological polar surface area (TPSA) is 65.1 Å². The van der Waals surface area contributed by atoms with Crippen LogP contribution in [0.25, 0.3) is 11.0 Å². The Morgan fingerprint density at radius 2 is 1.90 bits per heavy atom. The van der Waals surface area contributed by atoms with E-state index in [2.05, 4.69) is 4.98 Å². The van der Waals surface area contributed by atoms with Crippen LogP contribution in [0.5, 0.6) is 0 Å². The van der Waals surface area contributed by atoms with Crippen LogP contribution in [-0.4, -0.2) is 9.55 Å². The molecule has 0 atom stereocenters. The number of pyridine rings is 1. The number of hydrogen-bond donors (Lipinski definition) is 0. The van der Waals surface area contributed by atoms with E-state index >= 15 is 0 Å². The molecule has 1 aromatic carbocycles. The van der Waals surface area contributed by atoms with Crippen LogP contribution < -0.4 is 11.4 Å². The summed E-state index contributed by atoms with van der Waals surface area (Å²) >= 11 is 0. The Kier molecular flexibility index (Phi) is 2.95. The number of rotatable bonds is 2. The van der Waals surface area contributed by atoms with Crippen LogP contribution in [0.4, 0.5) is 0 Å². The predicted molar refractivity (Wildman–Crippen MR) is 74.8 cm³/mol. The molecule has 0 bridgehead atoms. The van der Waals surface area contributed by atoms with Gasteiger partial charge in [-0.05, 0) is 24.6 Å². The lowest BCUT2D eigenvalue weighted by atomic mass is 10.1. The molecule has 2 aromatic heterocycles. The molecule has 0 unspecified atom stereocenters. The highest BCUT2D eigenvalue weighted by Crippen LogP contribution is 2.08. The fourth-order valence-electron chi connectivity index (χ4n) is 2.06. The molecule has 0 radical (unpaired) electrons. The molecule has 0 aliphatic carbocycles. The Balaban J connectivity index is 2.18. The molecular weight excluding hydrogens is 256 g/mol. The third kappa shape index (κ3) is 2.14. The number of hydrogen-bond acceptors (Lipinski definition) is 4. The van der Waals surface area contributed by atoms with Crippen molar-refractivity contribution in [3.63, 3.8) is 0 Å². The highest BCUT2D eigenvalue weighted by molar-refractivity contribution is 5.72. The monoisotopic (exact) mass is 268 g/mol. The minimum Gasteiger partial charge on any atom is -0.372 e. The van der Waals surface area contributed by atoms with Gasteiger partial charge in [0.15, 0.2) is 5.65 Å². The molecule has 3 rings (SSSR count). The summed E-state index contributed by atoms with van der Waals surface area (Å²) in [5.74, 6) is -0.693. The minimum atomic E-state index is -0.693. The van der Waals surface area contributed by atoms with Crippen molar-refractivity contribution >= 4 is 11.0 Å². The van der Waals surface area contributed by atoms with Crippen molar-refractivity contribution in [2.75, 3.05) is 0 Å². The third-order valence-corrected chi connectivity index (χ3v) is 3.12. The molecule has 5 nitrogen and oxygen atoms in total. The van der Waals surface area contributed by atoms with Crippen LogP contribution in [0.15, 0.2) is 56.6 Å². The van der Waals surface area contributed by atoms with E-state index in [1.165, 1.54) is 4.57 Å². The largest absolute Gasteiger partial charge is 0.423 e. The molecule has 100 valence electrons. The number of aryl methyl sites for hydroxylation is 1. The molecule has 0 N–H and O–H groups in total. The molecule has 20 heavy (non-hydrogen) atoms. The molecule has 0 amide bonds. The van der Waals surface area contributed by atoms with Gasteiger partial charge in [-0.3, -0.25) is 4.57 Å². The summed E-state index contributed by atoms with van der Waals surface area (Å²) in [6.07, 6.45) is 1.55. The van der Waals surface area contributed by atoms with E-state index < -0.39 is 11.4 Å². The molecule has 3 aromatic rings. The Bertz CT molecular complexity index is 876. The zero-order valence-corrected chi connectivity index (χ0v) is 10.9. The maximum Gasteiger partial charge on any atom is 0.423 e. The summed E-state index contributed by atoms with van der Waals surface area (Å²) in [5, 5.41) is 0.305. The summed E-state index contributed by atoms with van der Waals surface area (Å²) < 4.78 is 6.09. The van der Waals surface area contributed by atoms with Crippen LogP contribution >= 0.6 is 0 Å². The summed E-state index contributed by atoms with van der Waals surface area (Å²) in [7, 11) is 0. The molecule has 0 saturated carbocycles. The van der Waals surface area contributed by atoms with Crippen molar-refractivity contribution in [1.29, 1.82) is 0 Å².